The number of sulfonamides is 1. The molecule has 1 unspecified atom stereocenters. The second kappa shape index (κ2) is 12.0. The smallest absolute Gasteiger partial charge is 0.244 e. The molecule has 2 atom stereocenters. The van der Waals surface area contributed by atoms with Crippen LogP contribution in [-0.4, -0.2) is 98.3 Å². The highest BCUT2D eigenvalue weighted by Crippen LogP contribution is 2.46. The number of aromatic nitrogens is 1. The van der Waals surface area contributed by atoms with Gasteiger partial charge in [-0.25, -0.2) is 21.8 Å². The molecule has 3 heterocycles. The van der Waals surface area contributed by atoms with Crippen molar-refractivity contribution in [3.63, 3.8) is 0 Å². The summed E-state index contributed by atoms with van der Waals surface area (Å²) in [5, 5.41) is 23.5. The molecule has 0 amide bonds. The van der Waals surface area contributed by atoms with Crippen molar-refractivity contribution in [1.29, 1.82) is 0 Å². The van der Waals surface area contributed by atoms with Gasteiger partial charge in [0.1, 0.15) is 28.5 Å². The molecule has 41 heavy (non-hydrogen) atoms. The Bertz CT molecular complexity index is 1480. The van der Waals surface area contributed by atoms with Crippen molar-refractivity contribution in [3.05, 3.63) is 46.2 Å². The highest BCUT2D eigenvalue weighted by atomic mass is 79.9. The first kappa shape index (κ1) is 31.1. The predicted molar refractivity (Wildman–Crippen MR) is 154 cm³/mol. The summed E-state index contributed by atoms with van der Waals surface area (Å²) < 4.78 is 64.4. The van der Waals surface area contributed by atoms with E-state index in [1.807, 2.05) is 0 Å². The number of sulfone groups is 1. The van der Waals surface area contributed by atoms with Gasteiger partial charge in [0.05, 0.1) is 32.9 Å². The standard InChI is InChI=1S/C26H33BrClN3O8S2/c27-23-11-22(14-30-24(23)28)41(36,37)31-8-6-25(7-9-31)12-18(15-39-25)29-13-19(33)16-38-20-2-1-3-21(10-20)40(34,35)26(17-32)4-5-26/h1-3,10-11,14,18-19,29,32-33H,4-9,12-13,15-17H2/t18-,19?/m1/s1. The van der Waals surface area contributed by atoms with Crippen LogP contribution in [0.25, 0.3) is 0 Å². The number of hydrogen-bond acceptors (Lipinski definition) is 10. The lowest BCUT2D eigenvalue weighted by atomic mass is 9.88. The molecule has 3 fully saturated rings. The topological polar surface area (TPSA) is 155 Å². The molecular weight excluding hydrogens is 662 g/mol. The Morgan fingerprint density at radius 3 is 2.56 bits per heavy atom. The van der Waals surface area contributed by atoms with Crippen LogP contribution in [0.15, 0.2) is 50.8 Å². The number of benzene rings is 1. The molecule has 1 aromatic heterocycles. The fourth-order valence-corrected chi connectivity index (χ4v) is 9.19. The number of hydrogen-bond donors (Lipinski definition) is 3. The van der Waals surface area contributed by atoms with Crippen molar-refractivity contribution >= 4 is 47.4 Å². The van der Waals surface area contributed by atoms with Gasteiger partial charge in [-0.2, -0.15) is 4.31 Å². The van der Waals surface area contributed by atoms with Gasteiger partial charge < -0.3 is 25.0 Å². The Labute approximate surface area is 253 Å². The molecule has 15 heteroatoms. The fraction of sp³-hybridized carbons (Fsp3) is 0.577. The van der Waals surface area contributed by atoms with E-state index in [9.17, 15) is 27.0 Å². The first-order valence-electron chi connectivity index (χ1n) is 13.3. The van der Waals surface area contributed by atoms with E-state index in [1.165, 1.54) is 28.7 Å². The predicted octanol–water partition coefficient (Wildman–Crippen LogP) is 2.14. The van der Waals surface area contributed by atoms with E-state index in [0.717, 1.165) is 0 Å². The van der Waals surface area contributed by atoms with Crippen molar-refractivity contribution in [2.75, 3.05) is 39.5 Å². The first-order chi connectivity index (χ1) is 19.4. The van der Waals surface area contributed by atoms with Gasteiger partial charge in [-0.3, -0.25) is 0 Å². The Hall–Kier alpha value is -1.36. The molecule has 3 N–H and O–H groups in total. The number of piperidine rings is 1. The maximum absolute atomic E-state index is 13.1. The molecule has 1 spiro atoms. The van der Waals surface area contributed by atoms with E-state index < -0.39 is 42.9 Å². The molecule has 0 radical (unpaired) electrons. The summed E-state index contributed by atoms with van der Waals surface area (Å²) >= 11 is 9.13. The van der Waals surface area contributed by atoms with Crippen LogP contribution in [0.3, 0.4) is 0 Å². The molecule has 1 aliphatic carbocycles. The van der Waals surface area contributed by atoms with Crippen LogP contribution in [0.4, 0.5) is 0 Å². The molecule has 3 aliphatic rings. The van der Waals surface area contributed by atoms with Gasteiger partial charge in [-0.1, -0.05) is 17.7 Å². The molecule has 0 bridgehead atoms. The van der Waals surface area contributed by atoms with E-state index in [1.54, 1.807) is 12.1 Å². The first-order valence-corrected chi connectivity index (χ1v) is 17.4. The molecule has 2 saturated heterocycles. The lowest BCUT2D eigenvalue weighted by Crippen LogP contribution is -2.47. The molecule has 1 saturated carbocycles. The highest BCUT2D eigenvalue weighted by molar-refractivity contribution is 9.10. The number of rotatable bonds is 11. The Morgan fingerprint density at radius 2 is 1.90 bits per heavy atom. The molecule has 2 aromatic rings. The van der Waals surface area contributed by atoms with Crippen LogP contribution < -0.4 is 10.1 Å². The van der Waals surface area contributed by atoms with Gasteiger partial charge in [0, 0.05) is 31.9 Å². The van der Waals surface area contributed by atoms with Crippen LogP contribution >= 0.6 is 27.5 Å². The third-order valence-corrected chi connectivity index (χ3v) is 13.7. The van der Waals surface area contributed by atoms with Gasteiger partial charge in [0.25, 0.3) is 0 Å². The number of aliphatic hydroxyl groups is 2. The third kappa shape index (κ3) is 6.46. The zero-order chi connectivity index (χ0) is 29.5. The van der Waals surface area contributed by atoms with Crippen LogP contribution in [0.1, 0.15) is 32.1 Å². The molecule has 1 aromatic carbocycles. The Morgan fingerprint density at radius 1 is 1.17 bits per heavy atom. The summed E-state index contributed by atoms with van der Waals surface area (Å²) in [5.41, 5.74) is -0.427. The molecular formula is C26H33BrClN3O8S2. The lowest BCUT2D eigenvalue weighted by molar-refractivity contribution is -0.0312. The minimum Gasteiger partial charge on any atom is -0.491 e. The normalized spacial score (nSPS) is 23.0. The quantitative estimate of drug-likeness (QED) is 0.298. The lowest BCUT2D eigenvalue weighted by Gasteiger charge is -2.38. The highest BCUT2D eigenvalue weighted by Gasteiger charge is 2.54. The summed E-state index contributed by atoms with van der Waals surface area (Å²) in [6.07, 6.45) is 3.07. The maximum atomic E-state index is 13.1. The van der Waals surface area contributed by atoms with Gasteiger partial charge in [-0.05, 0) is 72.3 Å². The van der Waals surface area contributed by atoms with Crippen molar-refractivity contribution in [2.24, 2.45) is 0 Å². The molecule has 226 valence electrons. The minimum atomic E-state index is -3.71. The zero-order valence-corrected chi connectivity index (χ0v) is 26.2. The monoisotopic (exact) mass is 693 g/mol. The van der Waals surface area contributed by atoms with Gasteiger partial charge in [-0.15, -0.1) is 0 Å². The van der Waals surface area contributed by atoms with Crippen LogP contribution in [0, 0.1) is 0 Å². The second-order valence-electron chi connectivity index (χ2n) is 10.9. The summed E-state index contributed by atoms with van der Waals surface area (Å²) in [4.78, 5) is 4.11. The summed E-state index contributed by atoms with van der Waals surface area (Å²) in [6.45, 7) is 0.881. The molecule has 2 aliphatic heterocycles. The van der Waals surface area contributed by atoms with Crippen LogP contribution in [0.2, 0.25) is 5.15 Å². The summed E-state index contributed by atoms with van der Waals surface area (Å²) in [7, 11) is -7.38. The molecule has 5 rings (SSSR count). The second-order valence-corrected chi connectivity index (χ2v) is 16.4. The van der Waals surface area contributed by atoms with E-state index in [4.69, 9.17) is 21.1 Å². The van der Waals surface area contributed by atoms with Crippen LogP contribution in [-0.2, 0) is 24.6 Å². The van der Waals surface area contributed by atoms with Crippen molar-refractivity contribution in [2.45, 2.75) is 64.4 Å². The van der Waals surface area contributed by atoms with Gasteiger partial charge in [0.2, 0.25) is 10.0 Å². The molecule has 11 nitrogen and oxygen atoms in total. The number of ether oxygens (including phenoxy) is 2. The third-order valence-electron chi connectivity index (χ3n) is 8.12. The number of nitrogens with zero attached hydrogens (tertiary/aromatic N) is 2. The van der Waals surface area contributed by atoms with Crippen molar-refractivity contribution in [1.82, 2.24) is 14.6 Å². The summed E-state index contributed by atoms with van der Waals surface area (Å²) in [6, 6.07) is 7.56. The van der Waals surface area contributed by atoms with Crippen molar-refractivity contribution < 1.29 is 36.5 Å². The van der Waals surface area contributed by atoms with Crippen molar-refractivity contribution in [3.8, 4) is 5.75 Å². The minimum absolute atomic E-state index is 0.00842. The average molecular weight is 695 g/mol. The van der Waals surface area contributed by atoms with E-state index in [0.29, 0.717) is 62.0 Å². The number of pyridine rings is 1. The van der Waals surface area contributed by atoms with E-state index in [2.05, 4.69) is 26.2 Å². The van der Waals surface area contributed by atoms with Gasteiger partial charge >= 0.3 is 0 Å². The number of nitrogens with one attached hydrogen (secondary N) is 1. The number of halogens is 2. The van der Waals surface area contributed by atoms with E-state index >= 15 is 0 Å². The number of aliphatic hydroxyl groups excluding tert-OH is 2. The summed E-state index contributed by atoms with van der Waals surface area (Å²) in [5.74, 6) is 0.325. The van der Waals surface area contributed by atoms with Crippen LogP contribution in [0.5, 0.6) is 5.75 Å². The van der Waals surface area contributed by atoms with Gasteiger partial charge in [0.15, 0.2) is 9.84 Å². The fourth-order valence-electron chi connectivity index (χ4n) is 5.34. The Kier molecular flexibility index (Phi) is 9.07. The maximum Gasteiger partial charge on any atom is 0.244 e. The zero-order valence-electron chi connectivity index (χ0n) is 22.2. The SMILES string of the molecule is O=S(=O)(c1cnc(Cl)c(Br)c1)N1CCC2(CC1)C[C@@H](NCC(O)COc1cccc(S(=O)(=O)C3(CO)CC3)c1)CO2. The average Bonchev–Trinajstić information content (AvgIpc) is 3.69. The largest absolute Gasteiger partial charge is 0.491 e. The Balaban J connectivity index is 1.08. The van der Waals surface area contributed by atoms with E-state index in [-0.39, 0.29) is 34.1 Å².